The van der Waals surface area contributed by atoms with Crippen LogP contribution in [0.2, 0.25) is 0 Å². The number of fused-ring (bicyclic) bond motifs is 1. The van der Waals surface area contributed by atoms with Crippen molar-refractivity contribution in [1.29, 1.82) is 0 Å². The first-order valence-electron chi connectivity index (χ1n) is 10.0. The third-order valence-corrected chi connectivity index (χ3v) is 6.25. The highest BCUT2D eigenvalue weighted by Gasteiger charge is 2.22. The van der Waals surface area contributed by atoms with Crippen molar-refractivity contribution in [1.82, 2.24) is 15.0 Å². The topological polar surface area (TPSA) is 182 Å². The Hall–Kier alpha value is -4.45. The number of carbonyl (C=O) groups is 3. The first-order valence-corrected chi connectivity index (χ1v) is 10.9. The van der Waals surface area contributed by atoms with Crippen molar-refractivity contribution in [2.24, 2.45) is 0 Å². The van der Waals surface area contributed by atoms with E-state index in [1.165, 1.54) is 35.6 Å². The molecule has 4 rings (SSSR count). The summed E-state index contributed by atoms with van der Waals surface area (Å²) >= 11 is 1.22. The molecule has 34 heavy (non-hydrogen) atoms. The van der Waals surface area contributed by atoms with Gasteiger partial charge < -0.3 is 20.9 Å². The molecule has 0 saturated heterocycles. The van der Waals surface area contributed by atoms with Crippen LogP contribution in [0.15, 0.2) is 47.4 Å². The van der Waals surface area contributed by atoms with Crippen molar-refractivity contribution in [2.45, 2.75) is 12.8 Å². The maximum absolute atomic E-state index is 13.1. The SMILES string of the molecule is Nc1nc2[nH]cc(CCc3ccc(C(=O)N(CC(=O)O)c4ccc(C(=O)O)cc4)s3)c2c(=O)[nH]1. The molecule has 0 fully saturated rings. The van der Waals surface area contributed by atoms with E-state index in [1.54, 1.807) is 18.3 Å². The number of aliphatic carboxylic acids is 1. The van der Waals surface area contributed by atoms with E-state index in [0.29, 0.717) is 28.8 Å². The number of aryl methyl sites for hydroxylation is 2. The Labute approximate surface area is 195 Å². The van der Waals surface area contributed by atoms with Crippen LogP contribution in [0.1, 0.15) is 30.5 Å². The largest absolute Gasteiger partial charge is 0.480 e. The molecule has 0 bridgehead atoms. The molecule has 3 heterocycles. The van der Waals surface area contributed by atoms with E-state index >= 15 is 0 Å². The van der Waals surface area contributed by atoms with E-state index < -0.39 is 24.4 Å². The number of thiophene rings is 1. The third-order valence-electron chi connectivity index (χ3n) is 5.12. The maximum Gasteiger partial charge on any atom is 0.335 e. The van der Waals surface area contributed by atoms with Gasteiger partial charge in [-0.2, -0.15) is 4.98 Å². The number of nitrogens with one attached hydrogen (secondary N) is 2. The van der Waals surface area contributed by atoms with Gasteiger partial charge in [0, 0.05) is 16.8 Å². The van der Waals surface area contributed by atoms with E-state index in [4.69, 9.17) is 10.8 Å². The Morgan fingerprint density at radius 1 is 1.06 bits per heavy atom. The van der Waals surface area contributed by atoms with Crippen LogP contribution in [-0.4, -0.2) is 49.6 Å². The molecular weight excluding hydrogens is 462 g/mol. The Bertz CT molecular complexity index is 1450. The predicted octanol–water partition coefficient (Wildman–Crippen LogP) is 2.11. The lowest BCUT2D eigenvalue weighted by atomic mass is 10.1. The smallest absolute Gasteiger partial charge is 0.335 e. The molecule has 1 amide bonds. The summed E-state index contributed by atoms with van der Waals surface area (Å²) in [5.74, 6) is -2.81. The zero-order valence-electron chi connectivity index (χ0n) is 17.6. The van der Waals surface area contributed by atoms with E-state index in [2.05, 4.69) is 15.0 Å². The molecule has 12 heteroatoms. The molecule has 0 radical (unpaired) electrons. The molecule has 0 saturated carbocycles. The highest BCUT2D eigenvalue weighted by Crippen LogP contribution is 2.25. The highest BCUT2D eigenvalue weighted by molar-refractivity contribution is 7.14. The fourth-order valence-corrected chi connectivity index (χ4v) is 4.49. The molecule has 0 aliphatic carbocycles. The minimum atomic E-state index is -1.20. The second kappa shape index (κ2) is 9.19. The number of aromatic nitrogens is 3. The monoisotopic (exact) mass is 481 g/mol. The summed E-state index contributed by atoms with van der Waals surface area (Å²) in [6.07, 6.45) is 2.75. The Morgan fingerprint density at radius 3 is 2.47 bits per heavy atom. The molecule has 0 aliphatic heterocycles. The van der Waals surface area contributed by atoms with Crippen molar-refractivity contribution in [3.05, 3.63) is 73.8 Å². The lowest BCUT2D eigenvalue weighted by Crippen LogP contribution is -2.35. The quantitative estimate of drug-likeness (QED) is 0.253. The number of carboxylic acid groups (broad SMARTS) is 2. The lowest BCUT2D eigenvalue weighted by molar-refractivity contribution is -0.135. The Kier molecular flexibility index (Phi) is 6.15. The summed E-state index contributed by atoms with van der Waals surface area (Å²) in [5.41, 5.74) is 6.69. The van der Waals surface area contributed by atoms with Gasteiger partial charge in [-0.15, -0.1) is 11.3 Å². The zero-order chi connectivity index (χ0) is 24.4. The number of benzene rings is 1. The van der Waals surface area contributed by atoms with Crippen LogP contribution < -0.4 is 16.2 Å². The summed E-state index contributed by atoms with van der Waals surface area (Å²) in [4.78, 5) is 59.5. The number of H-pyrrole nitrogens is 2. The molecule has 11 nitrogen and oxygen atoms in total. The number of aromatic carboxylic acids is 1. The Morgan fingerprint density at radius 2 is 1.79 bits per heavy atom. The maximum atomic E-state index is 13.1. The standard InChI is InChI=1S/C22H19N5O6S/c23-22-25-18-17(19(30)26-22)12(9-24-18)3-6-14-7-8-15(34-14)20(31)27(10-16(28)29)13-4-1-11(2-5-13)21(32)33/h1-2,4-5,7-9H,3,6,10H2,(H,28,29)(H,32,33)(H4,23,24,25,26,30). The minimum absolute atomic E-state index is 0.0239. The summed E-state index contributed by atoms with van der Waals surface area (Å²) in [7, 11) is 0. The first kappa shape index (κ1) is 22.7. The van der Waals surface area contributed by atoms with Gasteiger partial charge in [-0.05, 0) is 54.8 Å². The van der Waals surface area contributed by atoms with Crippen molar-refractivity contribution in [3.63, 3.8) is 0 Å². The summed E-state index contributed by atoms with van der Waals surface area (Å²) in [6.45, 7) is -0.577. The molecule has 0 unspecified atom stereocenters. The molecule has 0 spiro atoms. The van der Waals surface area contributed by atoms with Crippen molar-refractivity contribution in [2.75, 3.05) is 17.2 Å². The van der Waals surface area contributed by atoms with Crippen LogP contribution in [-0.2, 0) is 17.6 Å². The molecule has 3 aromatic heterocycles. The number of nitrogens with two attached hydrogens (primary N) is 1. The van der Waals surface area contributed by atoms with Gasteiger partial charge in [0.05, 0.1) is 15.8 Å². The molecule has 4 aromatic rings. The lowest BCUT2D eigenvalue weighted by Gasteiger charge is -2.20. The van der Waals surface area contributed by atoms with Crippen LogP contribution in [0.5, 0.6) is 0 Å². The van der Waals surface area contributed by atoms with Gasteiger partial charge in [0.2, 0.25) is 5.95 Å². The third kappa shape index (κ3) is 4.66. The zero-order valence-corrected chi connectivity index (χ0v) is 18.4. The average molecular weight is 481 g/mol. The second-order valence-corrected chi connectivity index (χ2v) is 8.56. The number of nitrogens with zero attached hydrogens (tertiary/aromatic N) is 2. The van der Waals surface area contributed by atoms with E-state index in [-0.39, 0.29) is 22.8 Å². The average Bonchev–Trinajstić information content (AvgIpc) is 3.42. The van der Waals surface area contributed by atoms with Gasteiger partial charge in [0.1, 0.15) is 12.2 Å². The predicted molar refractivity (Wildman–Crippen MR) is 126 cm³/mol. The number of aromatic amines is 2. The second-order valence-electron chi connectivity index (χ2n) is 7.39. The molecule has 174 valence electrons. The van der Waals surface area contributed by atoms with Crippen LogP contribution >= 0.6 is 11.3 Å². The van der Waals surface area contributed by atoms with E-state index in [9.17, 15) is 24.3 Å². The van der Waals surface area contributed by atoms with Gasteiger partial charge in [0.15, 0.2) is 0 Å². The molecule has 6 N–H and O–H groups in total. The van der Waals surface area contributed by atoms with Gasteiger partial charge in [-0.25, -0.2) is 4.79 Å². The number of anilines is 2. The molecule has 0 aliphatic rings. The summed E-state index contributed by atoms with van der Waals surface area (Å²) in [5, 5.41) is 18.8. The number of carboxylic acids is 2. The number of carbonyl (C=O) groups excluding carboxylic acids is 1. The van der Waals surface area contributed by atoms with Crippen LogP contribution in [0.25, 0.3) is 11.0 Å². The van der Waals surface area contributed by atoms with Crippen molar-refractivity contribution < 1.29 is 24.6 Å². The summed E-state index contributed by atoms with van der Waals surface area (Å²) in [6, 6.07) is 8.81. The van der Waals surface area contributed by atoms with Crippen molar-refractivity contribution in [3.8, 4) is 0 Å². The van der Waals surface area contributed by atoms with Crippen LogP contribution in [0.3, 0.4) is 0 Å². The van der Waals surface area contributed by atoms with Crippen LogP contribution in [0.4, 0.5) is 11.6 Å². The number of rotatable bonds is 8. The molecular formula is C22H19N5O6S. The highest BCUT2D eigenvalue weighted by atomic mass is 32.1. The summed E-state index contributed by atoms with van der Waals surface area (Å²) < 4.78 is 0. The first-order chi connectivity index (χ1) is 16.2. The minimum Gasteiger partial charge on any atom is -0.480 e. The fraction of sp³-hybridized carbons (Fsp3) is 0.136. The molecule has 0 atom stereocenters. The number of hydrogen-bond donors (Lipinski definition) is 5. The van der Waals surface area contributed by atoms with Crippen LogP contribution in [0, 0.1) is 0 Å². The Balaban J connectivity index is 1.52. The van der Waals surface area contributed by atoms with Crippen molar-refractivity contribution >= 4 is 51.9 Å². The molecule has 1 aromatic carbocycles. The van der Waals surface area contributed by atoms with Gasteiger partial charge in [0.25, 0.3) is 11.5 Å². The fourth-order valence-electron chi connectivity index (χ4n) is 3.54. The van der Waals surface area contributed by atoms with E-state index in [1.807, 2.05) is 0 Å². The van der Waals surface area contributed by atoms with Gasteiger partial charge in [-0.1, -0.05) is 0 Å². The van der Waals surface area contributed by atoms with Gasteiger partial charge >= 0.3 is 11.9 Å². The number of hydrogen-bond acceptors (Lipinski definition) is 7. The van der Waals surface area contributed by atoms with Gasteiger partial charge in [-0.3, -0.25) is 24.3 Å². The number of nitrogen functional groups attached to an aromatic ring is 1. The number of amides is 1. The van der Waals surface area contributed by atoms with E-state index in [0.717, 1.165) is 15.3 Å². The normalized spacial score (nSPS) is 10.9.